The van der Waals surface area contributed by atoms with Gasteiger partial charge in [0, 0.05) is 6.20 Å². The summed E-state index contributed by atoms with van der Waals surface area (Å²) < 4.78 is 36.9. The van der Waals surface area contributed by atoms with Gasteiger partial charge in [-0.2, -0.15) is 18.3 Å². The van der Waals surface area contributed by atoms with Gasteiger partial charge < -0.3 is 0 Å². The van der Waals surface area contributed by atoms with E-state index in [-0.39, 0.29) is 5.82 Å². The Labute approximate surface area is 107 Å². The van der Waals surface area contributed by atoms with Crippen LogP contribution in [0.15, 0.2) is 53.8 Å². The molecule has 1 aromatic carbocycles. The van der Waals surface area contributed by atoms with E-state index in [0.717, 1.165) is 17.8 Å². The zero-order chi connectivity index (χ0) is 13.7. The monoisotopic (exact) mass is 265 g/mol. The fourth-order valence-corrected chi connectivity index (χ4v) is 1.34. The average molecular weight is 265 g/mol. The summed E-state index contributed by atoms with van der Waals surface area (Å²) in [5, 5.41) is 3.88. The van der Waals surface area contributed by atoms with E-state index in [9.17, 15) is 13.2 Å². The highest BCUT2D eigenvalue weighted by atomic mass is 19.4. The Morgan fingerprint density at radius 1 is 1.05 bits per heavy atom. The van der Waals surface area contributed by atoms with E-state index in [1.54, 1.807) is 6.21 Å². The van der Waals surface area contributed by atoms with E-state index >= 15 is 0 Å². The number of anilines is 1. The summed E-state index contributed by atoms with van der Waals surface area (Å²) in [7, 11) is 0. The fraction of sp³-hybridized carbons (Fsp3) is 0.0769. The molecule has 98 valence electrons. The molecular formula is C13H10F3N3. The van der Waals surface area contributed by atoms with Gasteiger partial charge in [-0.25, -0.2) is 4.98 Å². The highest BCUT2D eigenvalue weighted by molar-refractivity contribution is 5.79. The molecule has 0 bridgehead atoms. The van der Waals surface area contributed by atoms with Crippen LogP contribution in [-0.2, 0) is 6.18 Å². The molecule has 2 rings (SSSR count). The number of hydrogen-bond acceptors (Lipinski definition) is 3. The van der Waals surface area contributed by atoms with Crippen molar-refractivity contribution in [1.82, 2.24) is 4.98 Å². The molecule has 0 radical (unpaired) electrons. The lowest BCUT2D eigenvalue weighted by atomic mass is 10.2. The molecule has 0 aliphatic carbocycles. The van der Waals surface area contributed by atoms with Crippen LogP contribution in [0.4, 0.5) is 19.0 Å². The summed E-state index contributed by atoms with van der Waals surface area (Å²) in [6.07, 6.45) is -2.06. The summed E-state index contributed by atoms with van der Waals surface area (Å²) in [6.45, 7) is 0. The lowest BCUT2D eigenvalue weighted by Crippen LogP contribution is -2.05. The summed E-state index contributed by atoms with van der Waals surface area (Å²) in [5.41, 5.74) is 2.65. The normalized spacial score (nSPS) is 11.7. The van der Waals surface area contributed by atoms with Crippen LogP contribution in [0.3, 0.4) is 0 Å². The first-order valence-corrected chi connectivity index (χ1v) is 5.43. The zero-order valence-corrected chi connectivity index (χ0v) is 9.72. The Morgan fingerprint density at radius 3 is 2.37 bits per heavy atom. The predicted molar refractivity (Wildman–Crippen MR) is 66.9 cm³/mol. The van der Waals surface area contributed by atoms with E-state index in [2.05, 4.69) is 15.5 Å². The first-order chi connectivity index (χ1) is 9.05. The molecule has 19 heavy (non-hydrogen) atoms. The zero-order valence-electron chi connectivity index (χ0n) is 9.72. The molecule has 3 nitrogen and oxygen atoms in total. The minimum atomic E-state index is -4.38. The van der Waals surface area contributed by atoms with E-state index in [1.807, 2.05) is 30.3 Å². The van der Waals surface area contributed by atoms with Crippen molar-refractivity contribution in [3.63, 3.8) is 0 Å². The first kappa shape index (κ1) is 13.1. The molecule has 0 unspecified atom stereocenters. The van der Waals surface area contributed by atoms with Crippen molar-refractivity contribution >= 4 is 12.0 Å². The summed E-state index contributed by atoms with van der Waals surface area (Å²) >= 11 is 0. The molecule has 0 spiro atoms. The minimum Gasteiger partial charge on any atom is -0.261 e. The largest absolute Gasteiger partial charge is 0.417 e. The number of hydrazone groups is 1. The number of halogens is 3. The summed E-state index contributed by atoms with van der Waals surface area (Å²) in [6, 6.07) is 11.5. The van der Waals surface area contributed by atoms with Gasteiger partial charge in [-0.05, 0) is 17.7 Å². The Hall–Kier alpha value is -2.37. The Morgan fingerprint density at radius 2 is 1.79 bits per heavy atom. The maximum atomic E-state index is 12.3. The summed E-state index contributed by atoms with van der Waals surface area (Å²) in [4.78, 5) is 3.63. The van der Waals surface area contributed by atoms with Gasteiger partial charge in [0.1, 0.15) is 5.82 Å². The molecular weight excluding hydrogens is 255 g/mol. The number of alkyl halides is 3. The van der Waals surface area contributed by atoms with Gasteiger partial charge in [0.25, 0.3) is 0 Å². The molecule has 1 N–H and O–H groups in total. The van der Waals surface area contributed by atoms with Gasteiger partial charge in [-0.3, -0.25) is 5.43 Å². The van der Waals surface area contributed by atoms with E-state index < -0.39 is 11.7 Å². The van der Waals surface area contributed by atoms with Gasteiger partial charge >= 0.3 is 6.18 Å². The van der Waals surface area contributed by atoms with Crippen molar-refractivity contribution in [2.45, 2.75) is 6.18 Å². The standard InChI is InChI=1S/C13H10F3N3/c14-13(15,16)11-6-7-12(17-9-11)19-18-8-10-4-2-1-3-5-10/h1-9H,(H,17,19)/b18-8-. The van der Waals surface area contributed by atoms with Crippen LogP contribution < -0.4 is 5.43 Å². The molecule has 2 aromatic rings. The van der Waals surface area contributed by atoms with Crippen molar-refractivity contribution in [3.8, 4) is 0 Å². The minimum absolute atomic E-state index is 0.250. The maximum absolute atomic E-state index is 12.3. The van der Waals surface area contributed by atoms with Crippen LogP contribution in [0.1, 0.15) is 11.1 Å². The average Bonchev–Trinajstić information content (AvgIpc) is 2.39. The second kappa shape index (κ2) is 5.51. The second-order valence-electron chi connectivity index (χ2n) is 3.71. The van der Waals surface area contributed by atoms with Crippen molar-refractivity contribution in [1.29, 1.82) is 0 Å². The molecule has 0 aliphatic heterocycles. The summed E-state index contributed by atoms with van der Waals surface area (Å²) in [5.74, 6) is 0.250. The molecule has 0 fully saturated rings. The van der Waals surface area contributed by atoms with E-state index in [1.165, 1.54) is 6.07 Å². The van der Waals surface area contributed by atoms with Gasteiger partial charge in [0.15, 0.2) is 0 Å². The van der Waals surface area contributed by atoms with Gasteiger partial charge in [0.05, 0.1) is 11.8 Å². The molecule has 0 atom stereocenters. The number of pyridine rings is 1. The van der Waals surface area contributed by atoms with Crippen LogP contribution in [0.25, 0.3) is 0 Å². The number of benzene rings is 1. The molecule has 0 aliphatic rings. The number of hydrogen-bond donors (Lipinski definition) is 1. The third kappa shape index (κ3) is 3.80. The molecule has 0 saturated carbocycles. The maximum Gasteiger partial charge on any atom is 0.417 e. The lowest BCUT2D eigenvalue weighted by molar-refractivity contribution is -0.137. The third-order valence-electron chi connectivity index (χ3n) is 2.28. The topological polar surface area (TPSA) is 37.3 Å². The highest BCUT2D eigenvalue weighted by Gasteiger charge is 2.30. The third-order valence-corrected chi connectivity index (χ3v) is 2.28. The van der Waals surface area contributed by atoms with Crippen molar-refractivity contribution in [3.05, 3.63) is 59.8 Å². The number of aromatic nitrogens is 1. The highest BCUT2D eigenvalue weighted by Crippen LogP contribution is 2.28. The fourth-order valence-electron chi connectivity index (χ4n) is 1.34. The molecule has 6 heteroatoms. The van der Waals surface area contributed by atoms with Crippen LogP contribution in [0.5, 0.6) is 0 Å². The van der Waals surface area contributed by atoms with Crippen LogP contribution >= 0.6 is 0 Å². The number of nitrogens with zero attached hydrogens (tertiary/aromatic N) is 2. The Bertz CT molecular complexity index is 548. The second-order valence-corrected chi connectivity index (χ2v) is 3.71. The van der Waals surface area contributed by atoms with Crippen molar-refractivity contribution in [2.24, 2.45) is 5.10 Å². The first-order valence-electron chi connectivity index (χ1n) is 5.43. The molecule has 0 amide bonds. The van der Waals surface area contributed by atoms with Gasteiger partial charge in [-0.15, -0.1) is 0 Å². The molecule has 0 saturated heterocycles. The number of nitrogens with one attached hydrogen (secondary N) is 1. The number of rotatable bonds is 3. The Kier molecular flexibility index (Phi) is 3.79. The van der Waals surface area contributed by atoms with E-state index in [0.29, 0.717) is 0 Å². The van der Waals surface area contributed by atoms with Crippen molar-refractivity contribution < 1.29 is 13.2 Å². The van der Waals surface area contributed by atoms with Crippen LogP contribution in [-0.4, -0.2) is 11.2 Å². The van der Waals surface area contributed by atoms with Crippen LogP contribution in [0, 0.1) is 0 Å². The van der Waals surface area contributed by atoms with E-state index in [4.69, 9.17) is 0 Å². The van der Waals surface area contributed by atoms with Crippen molar-refractivity contribution in [2.75, 3.05) is 5.43 Å². The molecule has 1 heterocycles. The SMILES string of the molecule is FC(F)(F)c1ccc(N/N=C\c2ccccc2)nc1. The predicted octanol–water partition coefficient (Wildman–Crippen LogP) is 3.55. The smallest absolute Gasteiger partial charge is 0.261 e. The van der Waals surface area contributed by atoms with Gasteiger partial charge in [0.2, 0.25) is 0 Å². The quantitative estimate of drug-likeness (QED) is 0.680. The lowest BCUT2D eigenvalue weighted by Gasteiger charge is -2.06. The Balaban J connectivity index is 1.99. The molecule has 1 aromatic heterocycles. The van der Waals surface area contributed by atoms with Crippen LogP contribution in [0.2, 0.25) is 0 Å². The van der Waals surface area contributed by atoms with Gasteiger partial charge in [-0.1, -0.05) is 30.3 Å².